The van der Waals surface area contributed by atoms with Crippen LogP contribution in [0.5, 0.6) is 0 Å². The molecule has 6 atom stereocenters. The first-order chi connectivity index (χ1) is 11.8. The average Bonchev–Trinajstić information content (AvgIpc) is 2.79. The van der Waals surface area contributed by atoms with Gasteiger partial charge in [0.25, 0.3) is 0 Å². The molecule has 136 valence electrons. The van der Waals surface area contributed by atoms with E-state index in [1.54, 1.807) is 0 Å². The second-order valence-electron chi connectivity index (χ2n) is 8.85. The highest BCUT2D eigenvalue weighted by Crippen LogP contribution is 2.64. The molecular formula is C21H29NO3. The molecule has 0 bridgehead atoms. The predicted molar refractivity (Wildman–Crippen MR) is 96.0 cm³/mol. The molecule has 0 aliphatic heterocycles. The first-order valence-electron chi connectivity index (χ1n) is 9.50. The zero-order valence-electron chi connectivity index (χ0n) is 15.4. The number of aliphatic hydroxyl groups is 1. The van der Waals surface area contributed by atoms with E-state index in [1.165, 1.54) is 12.5 Å². The van der Waals surface area contributed by atoms with Gasteiger partial charge in [0.15, 0.2) is 0 Å². The Labute approximate surface area is 149 Å². The van der Waals surface area contributed by atoms with Crippen LogP contribution in [-0.2, 0) is 9.53 Å². The molecule has 0 spiro atoms. The van der Waals surface area contributed by atoms with E-state index in [-0.39, 0.29) is 22.9 Å². The third-order valence-electron chi connectivity index (χ3n) is 7.61. The van der Waals surface area contributed by atoms with E-state index in [4.69, 9.17) is 10.5 Å². The molecule has 1 unspecified atom stereocenters. The third kappa shape index (κ3) is 2.33. The number of nitrogens with two attached hydrogens (primary N) is 1. The van der Waals surface area contributed by atoms with Gasteiger partial charge in [0, 0.05) is 24.2 Å². The Balaban J connectivity index is 1.67. The van der Waals surface area contributed by atoms with Gasteiger partial charge in [-0.3, -0.25) is 4.79 Å². The first kappa shape index (κ1) is 16.9. The molecule has 0 aromatic heterocycles. The van der Waals surface area contributed by atoms with E-state index in [2.05, 4.69) is 26.0 Å². The van der Waals surface area contributed by atoms with Crippen molar-refractivity contribution in [2.75, 3.05) is 0 Å². The Kier molecular flexibility index (Phi) is 3.70. The average molecular weight is 343 g/mol. The number of aliphatic hydroxyl groups excluding tert-OH is 1. The van der Waals surface area contributed by atoms with Crippen LogP contribution >= 0.6 is 0 Å². The first-order valence-corrected chi connectivity index (χ1v) is 9.50. The van der Waals surface area contributed by atoms with Crippen molar-refractivity contribution in [2.24, 2.45) is 34.3 Å². The molecular weight excluding hydrogens is 314 g/mol. The highest BCUT2D eigenvalue weighted by atomic mass is 16.5. The molecule has 0 aromatic carbocycles. The smallest absolute Gasteiger partial charge is 0.307 e. The number of fused-ring (bicyclic) bond motifs is 5. The fourth-order valence-corrected chi connectivity index (χ4v) is 6.16. The number of hydrogen-bond acceptors (Lipinski definition) is 4. The van der Waals surface area contributed by atoms with Gasteiger partial charge in [-0.05, 0) is 43.4 Å². The summed E-state index contributed by atoms with van der Waals surface area (Å²) in [5.41, 5.74) is 8.63. The van der Waals surface area contributed by atoms with Crippen molar-refractivity contribution in [1.29, 1.82) is 0 Å². The van der Waals surface area contributed by atoms with Gasteiger partial charge in [-0.1, -0.05) is 37.6 Å². The maximum Gasteiger partial charge on any atom is 0.307 e. The minimum Gasteiger partial charge on any atom is -0.429 e. The summed E-state index contributed by atoms with van der Waals surface area (Å²) in [6, 6.07) is 0. The molecule has 4 aliphatic carbocycles. The Hall–Kier alpha value is -1.55. The van der Waals surface area contributed by atoms with E-state index < -0.39 is 0 Å². The highest BCUT2D eigenvalue weighted by molar-refractivity contribution is 5.67. The van der Waals surface area contributed by atoms with Crippen molar-refractivity contribution in [2.45, 2.75) is 59.0 Å². The number of allylic oxidation sites excluding steroid dienone is 4. The summed E-state index contributed by atoms with van der Waals surface area (Å²) in [6.45, 7) is 6.03. The lowest BCUT2D eigenvalue weighted by atomic mass is 9.49. The fraction of sp³-hybridized carbons (Fsp3) is 0.667. The Morgan fingerprint density at radius 2 is 2.08 bits per heavy atom. The van der Waals surface area contributed by atoms with E-state index in [9.17, 15) is 9.90 Å². The van der Waals surface area contributed by atoms with Crippen LogP contribution in [0, 0.1) is 28.6 Å². The molecule has 0 aromatic rings. The van der Waals surface area contributed by atoms with Gasteiger partial charge >= 0.3 is 5.97 Å². The Morgan fingerprint density at radius 3 is 2.80 bits per heavy atom. The molecule has 4 aliphatic rings. The standard InChI is InChI=1S/C21H29NO3/c1-12(23)25-18-11-17-15-5-4-13-10-14(24)6-8-20(13,2)16(15)7-9-21(17,3)19(18)22/h4,6,8,14-17,24H,5,7,9-11,22H2,1-3H3/t14?,15-,16-,17+,20+,21+/m1/s1. The van der Waals surface area contributed by atoms with Crippen LogP contribution in [-0.4, -0.2) is 17.2 Å². The van der Waals surface area contributed by atoms with Gasteiger partial charge in [0.1, 0.15) is 5.76 Å². The minimum absolute atomic E-state index is 0.0441. The highest BCUT2D eigenvalue weighted by Gasteiger charge is 2.57. The van der Waals surface area contributed by atoms with Gasteiger partial charge < -0.3 is 15.6 Å². The monoisotopic (exact) mass is 343 g/mol. The number of esters is 1. The summed E-state index contributed by atoms with van der Waals surface area (Å²) in [6.07, 6.45) is 11.0. The fourth-order valence-electron chi connectivity index (χ4n) is 6.16. The number of carbonyl (C=O) groups excluding carboxylic acids is 1. The number of hydrogen-bond donors (Lipinski definition) is 2. The number of ether oxygens (including phenoxy) is 1. The van der Waals surface area contributed by atoms with Crippen molar-refractivity contribution < 1.29 is 14.6 Å². The van der Waals surface area contributed by atoms with Gasteiger partial charge in [-0.15, -0.1) is 0 Å². The third-order valence-corrected chi connectivity index (χ3v) is 7.61. The summed E-state index contributed by atoms with van der Waals surface area (Å²) in [4.78, 5) is 11.5. The van der Waals surface area contributed by atoms with Crippen molar-refractivity contribution in [3.05, 3.63) is 35.3 Å². The maximum absolute atomic E-state index is 11.5. The molecule has 0 saturated heterocycles. The minimum atomic E-state index is -0.343. The van der Waals surface area contributed by atoms with E-state index in [1.807, 2.05) is 6.08 Å². The largest absolute Gasteiger partial charge is 0.429 e. The van der Waals surface area contributed by atoms with Crippen molar-refractivity contribution in [1.82, 2.24) is 0 Å². The summed E-state index contributed by atoms with van der Waals surface area (Å²) >= 11 is 0. The van der Waals surface area contributed by atoms with Crippen LogP contribution in [0.1, 0.15) is 52.9 Å². The summed E-state index contributed by atoms with van der Waals surface area (Å²) in [5.74, 6) is 1.96. The summed E-state index contributed by atoms with van der Waals surface area (Å²) in [7, 11) is 0. The SMILES string of the molecule is CC(=O)OC1=C(N)[C@@]2(C)CC[C@@H]3[C@@H](CC=C4CC(O)C=C[C@@]43C)[C@@H]2C1. The number of rotatable bonds is 1. The van der Waals surface area contributed by atoms with Crippen molar-refractivity contribution in [3.8, 4) is 0 Å². The molecule has 1 saturated carbocycles. The van der Waals surface area contributed by atoms with Gasteiger partial charge in [0.05, 0.1) is 11.8 Å². The van der Waals surface area contributed by atoms with Crippen LogP contribution in [0.2, 0.25) is 0 Å². The lowest BCUT2D eigenvalue weighted by Gasteiger charge is -2.55. The molecule has 0 amide bonds. The number of carbonyl (C=O) groups is 1. The molecule has 4 heteroatoms. The van der Waals surface area contributed by atoms with Crippen LogP contribution in [0.25, 0.3) is 0 Å². The van der Waals surface area contributed by atoms with E-state index >= 15 is 0 Å². The second-order valence-corrected chi connectivity index (χ2v) is 8.85. The lowest BCUT2D eigenvalue weighted by molar-refractivity contribution is -0.137. The molecule has 4 rings (SSSR count). The molecule has 4 nitrogen and oxygen atoms in total. The van der Waals surface area contributed by atoms with E-state index in [0.29, 0.717) is 23.5 Å². The van der Waals surface area contributed by atoms with Crippen LogP contribution in [0.4, 0.5) is 0 Å². The second kappa shape index (κ2) is 5.47. The van der Waals surface area contributed by atoms with Crippen molar-refractivity contribution >= 4 is 5.97 Å². The molecule has 3 N–H and O–H groups in total. The van der Waals surface area contributed by atoms with Gasteiger partial charge in [0.2, 0.25) is 0 Å². The van der Waals surface area contributed by atoms with Gasteiger partial charge in [-0.2, -0.15) is 0 Å². The lowest BCUT2D eigenvalue weighted by Crippen LogP contribution is -2.49. The molecule has 25 heavy (non-hydrogen) atoms. The molecule has 0 radical (unpaired) electrons. The Bertz CT molecular complexity index is 706. The van der Waals surface area contributed by atoms with Crippen LogP contribution < -0.4 is 5.73 Å². The van der Waals surface area contributed by atoms with Crippen LogP contribution in [0.15, 0.2) is 35.3 Å². The maximum atomic E-state index is 11.5. The zero-order valence-corrected chi connectivity index (χ0v) is 15.4. The zero-order chi connectivity index (χ0) is 18.0. The molecule has 1 fully saturated rings. The normalized spacial score (nSPS) is 45.4. The predicted octanol–water partition coefficient (Wildman–Crippen LogP) is 3.43. The van der Waals surface area contributed by atoms with Gasteiger partial charge in [-0.25, -0.2) is 0 Å². The Morgan fingerprint density at radius 1 is 1.32 bits per heavy atom. The summed E-state index contributed by atoms with van der Waals surface area (Å²) < 4.78 is 5.46. The topological polar surface area (TPSA) is 72.5 Å². The quantitative estimate of drug-likeness (QED) is 0.565. The molecule has 0 heterocycles. The summed E-state index contributed by atoms with van der Waals surface area (Å²) in [5, 5.41) is 10.0. The van der Waals surface area contributed by atoms with E-state index in [0.717, 1.165) is 37.8 Å². The van der Waals surface area contributed by atoms with Crippen LogP contribution in [0.3, 0.4) is 0 Å². The van der Waals surface area contributed by atoms with Crippen molar-refractivity contribution in [3.63, 3.8) is 0 Å².